The van der Waals surface area contributed by atoms with Gasteiger partial charge in [-0.3, -0.25) is 10.2 Å². The second-order valence-electron chi connectivity index (χ2n) is 9.76. The molecule has 3 unspecified atom stereocenters. The van der Waals surface area contributed by atoms with Crippen molar-refractivity contribution in [3.05, 3.63) is 76.3 Å². The summed E-state index contributed by atoms with van der Waals surface area (Å²) in [5, 5.41) is 2.77. The highest BCUT2D eigenvalue weighted by molar-refractivity contribution is 5.85. The number of anilines is 1. The molecule has 0 radical (unpaired) electrons. The number of alkyl halides is 1. The normalized spacial score (nSPS) is 22.6. The Morgan fingerprint density at radius 2 is 1.84 bits per heavy atom. The monoisotopic (exact) mass is 504 g/mol. The van der Waals surface area contributed by atoms with E-state index < -0.39 is 18.9 Å². The molecule has 3 heterocycles. The van der Waals surface area contributed by atoms with Crippen LogP contribution in [-0.2, 0) is 24.4 Å². The molecule has 1 amide bonds. The molecule has 7 rings (SSSR count). The minimum absolute atomic E-state index is 0.0567. The number of hydrogen-bond acceptors (Lipinski definition) is 7. The Kier molecular flexibility index (Phi) is 5.14. The molecule has 0 spiro atoms. The maximum Gasteiger partial charge on any atom is 0.411 e. The van der Waals surface area contributed by atoms with Crippen LogP contribution in [0.5, 0.6) is 23.0 Å². The molecular weight excluding hydrogens is 479 g/mol. The number of hydrogen-bond donors (Lipinski definition) is 1. The molecule has 8 nitrogen and oxygen atoms in total. The summed E-state index contributed by atoms with van der Waals surface area (Å²) in [5.74, 6) is 2.76. The summed E-state index contributed by atoms with van der Waals surface area (Å²) in [5.41, 5.74) is 5.29. The lowest BCUT2D eigenvalue weighted by atomic mass is 9.70. The molecular formula is C28H25FN2O6. The molecule has 3 aromatic carbocycles. The molecule has 4 aliphatic rings. The lowest BCUT2D eigenvalue weighted by molar-refractivity contribution is 0.0422. The first-order valence-corrected chi connectivity index (χ1v) is 12.3. The smallest absolute Gasteiger partial charge is 0.411 e. The average molecular weight is 505 g/mol. The first-order chi connectivity index (χ1) is 18.1. The zero-order chi connectivity index (χ0) is 25.1. The van der Waals surface area contributed by atoms with Crippen molar-refractivity contribution in [1.29, 1.82) is 0 Å². The highest BCUT2D eigenvalue weighted by Crippen LogP contribution is 2.54. The fraction of sp³-hybridized carbons (Fsp3) is 0.321. The summed E-state index contributed by atoms with van der Waals surface area (Å²) in [6.07, 6.45) is -0.546. The Hall–Kier alpha value is -3.98. The van der Waals surface area contributed by atoms with Gasteiger partial charge in [-0.2, -0.15) is 0 Å². The van der Waals surface area contributed by atoms with Crippen molar-refractivity contribution < 1.29 is 32.9 Å². The second-order valence-corrected chi connectivity index (χ2v) is 9.76. The van der Waals surface area contributed by atoms with Crippen LogP contribution in [0.25, 0.3) is 0 Å². The third-order valence-electron chi connectivity index (χ3n) is 7.62. The molecule has 3 aromatic rings. The van der Waals surface area contributed by atoms with Gasteiger partial charge in [0.2, 0.25) is 13.6 Å². The molecule has 3 aliphatic heterocycles. The van der Waals surface area contributed by atoms with E-state index in [0.29, 0.717) is 30.0 Å². The molecule has 1 N–H and O–H groups in total. The molecule has 0 saturated heterocycles. The summed E-state index contributed by atoms with van der Waals surface area (Å²) >= 11 is 0. The highest BCUT2D eigenvalue weighted by atomic mass is 19.1. The number of amides is 1. The lowest BCUT2D eigenvalue weighted by Gasteiger charge is -2.47. The number of rotatable bonds is 3. The summed E-state index contributed by atoms with van der Waals surface area (Å²) in [4.78, 5) is 15.4. The SMILES string of the molecule is CN1Cc2c(ccc3c2OCO3)C2C(OC(=O)Nc3cccc(CF)c3)Cc3cc4c(cc3C21)OCO4. The number of ether oxygens (including phenoxy) is 5. The standard InChI is InChI=1S/C28H25FN2O6/c1-31-12-20-18(5-6-21-27(20)36-14-33-21)25-24(37-28(32)30-17-4-2-3-15(7-17)11-29)9-16-8-22-23(35-13-34-22)10-19(16)26(25)31/h2-8,10,24-26H,9,11-14H2,1H3,(H,30,32). The van der Waals surface area contributed by atoms with Crippen molar-refractivity contribution in [3.8, 4) is 23.0 Å². The molecule has 1 aliphatic carbocycles. The molecule has 0 fully saturated rings. The van der Waals surface area contributed by atoms with Gasteiger partial charge in [0, 0.05) is 36.2 Å². The summed E-state index contributed by atoms with van der Waals surface area (Å²) in [7, 11) is 2.06. The maximum atomic E-state index is 13.1. The third kappa shape index (κ3) is 3.64. The predicted octanol–water partition coefficient (Wildman–Crippen LogP) is 5.06. The molecule has 37 heavy (non-hydrogen) atoms. The van der Waals surface area contributed by atoms with E-state index in [1.54, 1.807) is 24.3 Å². The van der Waals surface area contributed by atoms with Crippen LogP contribution < -0.4 is 24.3 Å². The van der Waals surface area contributed by atoms with Crippen LogP contribution in [0.4, 0.5) is 14.9 Å². The number of nitrogens with zero attached hydrogens (tertiary/aromatic N) is 1. The van der Waals surface area contributed by atoms with Crippen LogP contribution in [0.1, 0.15) is 39.8 Å². The quantitative estimate of drug-likeness (QED) is 0.534. The molecule has 190 valence electrons. The molecule has 0 bridgehead atoms. The van der Waals surface area contributed by atoms with Crippen LogP contribution in [0.15, 0.2) is 48.5 Å². The zero-order valence-electron chi connectivity index (χ0n) is 20.2. The van der Waals surface area contributed by atoms with Crippen molar-refractivity contribution in [2.75, 3.05) is 26.0 Å². The van der Waals surface area contributed by atoms with E-state index in [4.69, 9.17) is 23.7 Å². The number of likely N-dealkylation sites (N-methyl/N-ethyl adjacent to an activating group) is 1. The van der Waals surface area contributed by atoms with Gasteiger partial charge in [0.1, 0.15) is 12.8 Å². The van der Waals surface area contributed by atoms with Crippen LogP contribution in [-0.4, -0.2) is 37.7 Å². The molecule has 0 saturated carbocycles. The van der Waals surface area contributed by atoms with E-state index in [9.17, 15) is 9.18 Å². The molecule has 9 heteroatoms. The topological polar surface area (TPSA) is 78.5 Å². The van der Waals surface area contributed by atoms with Crippen molar-refractivity contribution in [2.24, 2.45) is 0 Å². The second kappa shape index (κ2) is 8.55. The number of benzene rings is 3. The summed E-state index contributed by atoms with van der Waals surface area (Å²) in [6.45, 7) is 0.430. The fourth-order valence-electron chi connectivity index (χ4n) is 6.07. The summed E-state index contributed by atoms with van der Waals surface area (Å²) in [6, 6.07) is 14.7. The first kappa shape index (κ1) is 22.2. The van der Waals surface area contributed by atoms with E-state index in [1.807, 2.05) is 12.1 Å². The van der Waals surface area contributed by atoms with Gasteiger partial charge < -0.3 is 23.7 Å². The van der Waals surface area contributed by atoms with Gasteiger partial charge in [-0.1, -0.05) is 18.2 Å². The van der Waals surface area contributed by atoms with Crippen molar-refractivity contribution in [1.82, 2.24) is 4.90 Å². The van der Waals surface area contributed by atoms with Crippen LogP contribution in [0.3, 0.4) is 0 Å². The minimum Gasteiger partial charge on any atom is -0.454 e. The van der Waals surface area contributed by atoms with E-state index >= 15 is 0 Å². The summed E-state index contributed by atoms with van der Waals surface area (Å²) < 4.78 is 42.0. The molecule has 0 aromatic heterocycles. The van der Waals surface area contributed by atoms with Gasteiger partial charge >= 0.3 is 6.09 Å². The van der Waals surface area contributed by atoms with Gasteiger partial charge in [-0.25, -0.2) is 9.18 Å². The van der Waals surface area contributed by atoms with Gasteiger partial charge in [0.25, 0.3) is 0 Å². The Morgan fingerprint density at radius 3 is 2.70 bits per heavy atom. The number of fused-ring (bicyclic) bond motifs is 8. The van der Waals surface area contributed by atoms with E-state index in [1.165, 1.54) is 0 Å². The van der Waals surface area contributed by atoms with Gasteiger partial charge in [0.05, 0.1) is 0 Å². The van der Waals surface area contributed by atoms with E-state index in [2.05, 4.69) is 29.4 Å². The van der Waals surface area contributed by atoms with Gasteiger partial charge in [-0.15, -0.1) is 0 Å². The lowest BCUT2D eigenvalue weighted by Crippen LogP contribution is -2.45. The van der Waals surface area contributed by atoms with Crippen LogP contribution >= 0.6 is 0 Å². The Labute approximate surface area is 212 Å². The van der Waals surface area contributed by atoms with Crippen LogP contribution in [0, 0.1) is 0 Å². The maximum absolute atomic E-state index is 13.1. The van der Waals surface area contributed by atoms with Gasteiger partial charge in [-0.05, 0) is 59.6 Å². The highest BCUT2D eigenvalue weighted by Gasteiger charge is 2.47. The Balaban J connectivity index is 1.28. The number of halogens is 1. The average Bonchev–Trinajstić information content (AvgIpc) is 3.56. The van der Waals surface area contributed by atoms with Crippen LogP contribution in [0.2, 0.25) is 0 Å². The van der Waals surface area contributed by atoms with Gasteiger partial charge in [0.15, 0.2) is 23.0 Å². The third-order valence-corrected chi connectivity index (χ3v) is 7.62. The Morgan fingerprint density at radius 1 is 1.03 bits per heavy atom. The van der Waals surface area contributed by atoms with Crippen molar-refractivity contribution in [2.45, 2.75) is 37.7 Å². The largest absolute Gasteiger partial charge is 0.454 e. The van der Waals surface area contributed by atoms with Crippen molar-refractivity contribution in [3.63, 3.8) is 0 Å². The number of carbonyl (C=O) groups excluding carboxylic acids is 1. The first-order valence-electron chi connectivity index (χ1n) is 12.3. The Bertz CT molecular complexity index is 1410. The molecule has 3 atom stereocenters. The fourth-order valence-corrected chi connectivity index (χ4v) is 6.07. The zero-order valence-corrected chi connectivity index (χ0v) is 20.2. The van der Waals surface area contributed by atoms with E-state index in [0.717, 1.165) is 39.5 Å². The number of nitrogens with one attached hydrogen (secondary N) is 1. The van der Waals surface area contributed by atoms with Crippen molar-refractivity contribution >= 4 is 11.8 Å². The number of carbonyl (C=O) groups is 1. The van der Waals surface area contributed by atoms with E-state index in [-0.39, 0.29) is 25.5 Å². The minimum atomic E-state index is -0.608. The predicted molar refractivity (Wildman–Crippen MR) is 131 cm³/mol.